The SMILES string of the molecule is COc1cccc2cc(C(=O)NC[C@@H]3CCCO3)c(=Nc3ccc(C)cc3)oc12. The van der Waals surface area contributed by atoms with Crippen LogP contribution in [0.25, 0.3) is 11.0 Å². The van der Waals surface area contributed by atoms with E-state index in [4.69, 9.17) is 13.9 Å². The summed E-state index contributed by atoms with van der Waals surface area (Å²) in [5.74, 6) is 0.356. The Morgan fingerprint density at radius 1 is 1.24 bits per heavy atom. The van der Waals surface area contributed by atoms with Gasteiger partial charge >= 0.3 is 0 Å². The van der Waals surface area contributed by atoms with Crippen LogP contribution in [-0.2, 0) is 4.74 Å². The molecule has 0 bridgehead atoms. The highest BCUT2D eigenvalue weighted by atomic mass is 16.5. The maximum absolute atomic E-state index is 12.9. The van der Waals surface area contributed by atoms with E-state index in [1.54, 1.807) is 13.2 Å². The first-order chi connectivity index (χ1) is 14.1. The van der Waals surface area contributed by atoms with E-state index >= 15 is 0 Å². The van der Waals surface area contributed by atoms with E-state index in [9.17, 15) is 4.79 Å². The van der Waals surface area contributed by atoms with Crippen molar-refractivity contribution in [3.05, 3.63) is 65.2 Å². The molecule has 1 N–H and O–H groups in total. The van der Waals surface area contributed by atoms with Crippen molar-refractivity contribution in [2.75, 3.05) is 20.3 Å². The Kier molecular flexibility index (Phi) is 5.62. The number of nitrogens with one attached hydrogen (secondary N) is 1. The van der Waals surface area contributed by atoms with Crippen molar-refractivity contribution in [2.45, 2.75) is 25.9 Å². The number of carbonyl (C=O) groups is 1. The molecule has 4 rings (SSSR count). The van der Waals surface area contributed by atoms with Gasteiger partial charge in [0.25, 0.3) is 5.91 Å². The normalized spacial score (nSPS) is 16.9. The van der Waals surface area contributed by atoms with Gasteiger partial charge in [-0.2, -0.15) is 0 Å². The number of amides is 1. The average molecular weight is 392 g/mol. The quantitative estimate of drug-likeness (QED) is 0.715. The lowest BCUT2D eigenvalue weighted by Gasteiger charge is -2.12. The molecule has 6 nitrogen and oxygen atoms in total. The molecule has 1 aliphatic rings. The summed E-state index contributed by atoms with van der Waals surface area (Å²) in [5, 5.41) is 3.73. The topological polar surface area (TPSA) is 73.1 Å². The van der Waals surface area contributed by atoms with Crippen LogP contribution in [0.1, 0.15) is 28.8 Å². The van der Waals surface area contributed by atoms with Crippen LogP contribution in [0.3, 0.4) is 0 Å². The van der Waals surface area contributed by atoms with Crippen LogP contribution in [0.5, 0.6) is 5.75 Å². The van der Waals surface area contributed by atoms with Crippen LogP contribution >= 0.6 is 0 Å². The number of carbonyl (C=O) groups excluding carboxylic acids is 1. The van der Waals surface area contributed by atoms with Gasteiger partial charge in [-0.15, -0.1) is 0 Å². The predicted octanol–water partition coefficient (Wildman–Crippen LogP) is 3.89. The largest absolute Gasteiger partial charge is 0.493 e. The van der Waals surface area contributed by atoms with Crippen LogP contribution in [-0.4, -0.2) is 32.3 Å². The highest BCUT2D eigenvalue weighted by Gasteiger charge is 2.19. The molecule has 3 aromatic rings. The fraction of sp³-hybridized carbons (Fsp3) is 0.304. The fourth-order valence-electron chi connectivity index (χ4n) is 3.37. The summed E-state index contributed by atoms with van der Waals surface area (Å²) < 4.78 is 17.1. The number of ether oxygens (including phenoxy) is 2. The Bertz CT molecular complexity index is 1080. The molecular formula is C23H24N2O4. The third kappa shape index (κ3) is 4.32. The Morgan fingerprint density at radius 3 is 2.79 bits per heavy atom. The summed E-state index contributed by atoms with van der Waals surface area (Å²) in [7, 11) is 1.59. The van der Waals surface area contributed by atoms with Gasteiger partial charge in [-0.3, -0.25) is 4.79 Å². The molecule has 1 amide bonds. The average Bonchev–Trinajstić information content (AvgIpc) is 3.26. The molecule has 0 unspecified atom stereocenters. The van der Waals surface area contributed by atoms with E-state index in [0.717, 1.165) is 30.4 Å². The van der Waals surface area contributed by atoms with Gasteiger partial charge in [0.2, 0.25) is 5.55 Å². The molecule has 1 aliphatic heterocycles. The maximum Gasteiger partial charge on any atom is 0.256 e. The first kappa shape index (κ1) is 19.2. The number of nitrogens with zero attached hydrogens (tertiary/aromatic N) is 1. The smallest absolute Gasteiger partial charge is 0.256 e. The second-order valence-corrected chi connectivity index (χ2v) is 7.14. The molecule has 1 fully saturated rings. The first-order valence-electron chi connectivity index (χ1n) is 9.76. The lowest BCUT2D eigenvalue weighted by Crippen LogP contribution is -2.34. The Hall–Kier alpha value is -3.12. The van der Waals surface area contributed by atoms with Crippen molar-refractivity contribution in [1.29, 1.82) is 0 Å². The van der Waals surface area contributed by atoms with Crippen LogP contribution in [0.15, 0.2) is 57.9 Å². The standard InChI is InChI=1S/C23H24N2O4/c1-15-8-10-17(11-9-15)25-23-19(22(26)24-14-18-6-4-12-28-18)13-16-5-3-7-20(27-2)21(16)29-23/h3,5,7-11,13,18H,4,6,12,14H2,1-2H3,(H,24,26)/t18-/m0/s1. The van der Waals surface area contributed by atoms with Gasteiger partial charge in [-0.1, -0.05) is 29.8 Å². The summed E-state index contributed by atoms with van der Waals surface area (Å²) in [4.78, 5) is 17.5. The molecule has 2 heterocycles. The molecule has 0 aliphatic carbocycles. The van der Waals surface area contributed by atoms with Crippen LogP contribution in [0, 0.1) is 6.92 Å². The van der Waals surface area contributed by atoms with Gasteiger partial charge in [0, 0.05) is 18.5 Å². The second kappa shape index (κ2) is 8.49. The molecule has 1 atom stereocenters. The number of hydrogen-bond acceptors (Lipinski definition) is 5. The van der Waals surface area contributed by atoms with Crippen LogP contribution in [0.4, 0.5) is 5.69 Å². The summed E-state index contributed by atoms with van der Waals surface area (Å²) in [5.41, 5.74) is 3.02. The number of benzene rings is 2. The van der Waals surface area contributed by atoms with Crippen molar-refractivity contribution < 1.29 is 18.7 Å². The number of para-hydroxylation sites is 1. The number of methoxy groups -OCH3 is 1. The van der Waals surface area contributed by atoms with Crippen LogP contribution < -0.4 is 15.6 Å². The highest BCUT2D eigenvalue weighted by molar-refractivity contribution is 5.97. The van der Waals surface area contributed by atoms with Gasteiger partial charge in [0.15, 0.2) is 11.3 Å². The van der Waals surface area contributed by atoms with Gasteiger partial charge in [0.05, 0.1) is 18.9 Å². The molecule has 0 spiro atoms. The summed E-state index contributed by atoms with van der Waals surface area (Å²) >= 11 is 0. The second-order valence-electron chi connectivity index (χ2n) is 7.14. The maximum atomic E-state index is 12.9. The Morgan fingerprint density at radius 2 is 2.07 bits per heavy atom. The Balaban J connectivity index is 1.77. The van der Waals surface area contributed by atoms with Gasteiger partial charge in [-0.25, -0.2) is 4.99 Å². The minimum absolute atomic E-state index is 0.0638. The zero-order valence-corrected chi connectivity index (χ0v) is 16.6. The Labute approximate surface area is 169 Å². The zero-order chi connectivity index (χ0) is 20.2. The van der Waals surface area contributed by atoms with Crippen molar-refractivity contribution in [2.24, 2.45) is 4.99 Å². The third-order valence-corrected chi connectivity index (χ3v) is 4.98. The summed E-state index contributed by atoms with van der Waals surface area (Å²) in [6.07, 6.45) is 2.05. The van der Waals surface area contributed by atoms with E-state index < -0.39 is 0 Å². The zero-order valence-electron chi connectivity index (χ0n) is 16.6. The monoisotopic (exact) mass is 392 g/mol. The lowest BCUT2D eigenvalue weighted by molar-refractivity contribution is 0.0854. The molecule has 0 radical (unpaired) electrons. The van der Waals surface area contributed by atoms with E-state index in [1.165, 1.54) is 0 Å². The number of aryl methyl sites for hydroxylation is 1. The van der Waals surface area contributed by atoms with E-state index in [2.05, 4.69) is 10.3 Å². The van der Waals surface area contributed by atoms with Crippen molar-refractivity contribution in [3.8, 4) is 5.75 Å². The molecular weight excluding hydrogens is 368 g/mol. The van der Waals surface area contributed by atoms with E-state index in [-0.39, 0.29) is 17.6 Å². The van der Waals surface area contributed by atoms with Crippen LogP contribution in [0.2, 0.25) is 0 Å². The first-order valence-corrected chi connectivity index (χ1v) is 9.76. The minimum Gasteiger partial charge on any atom is -0.493 e. The third-order valence-electron chi connectivity index (χ3n) is 4.98. The predicted molar refractivity (Wildman–Crippen MR) is 110 cm³/mol. The van der Waals surface area contributed by atoms with Crippen molar-refractivity contribution in [3.63, 3.8) is 0 Å². The van der Waals surface area contributed by atoms with Crippen molar-refractivity contribution in [1.82, 2.24) is 5.32 Å². The summed E-state index contributed by atoms with van der Waals surface area (Å²) in [6.45, 7) is 3.23. The lowest BCUT2D eigenvalue weighted by atomic mass is 10.1. The van der Waals surface area contributed by atoms with E-state index in [0.29, 0.717) is 29.1 Å². The molecule has 0 saturated carbocycles. The number of rotatable bonds is 5. The van der Waals surface area contributed by atoms with Gasteiger partial charge in [-0.05, 0) is 44.0 Å². The van der Waals surface area contributed by atoms with Gasteiger partial charge in [0.1, 0.15) is 5.56 Å². The number of hydrogen-bond donors (Lipinski definition) is 1. The molecule has 1 saturated heterocycles. The van der Waals surface area contributed by atoms with Gasteiger partial charge < -0.3 is 19.2 Å². The molecule has 6 heteroatoms. The van der Waals surface area contributed by atoms with Crippen molar-refractivity contribution >= 4 is 22.6 Å². The fourth-order valence-corrected chi connectivity index (χ4v) is 3.37. The molecule has 2 aromatic carbocycles. The highest BCUT2D eigenvalue weighted by Crippen LogP contribution is 2.25. The molecule has 29 heavy (non-hydrogen) atoms. The molecule has 150 valence electrons. The summed E-state index contributed by atoms with van der Waals surface area (Å²) in [6, 6.07) is 15.1. The van der Waals surface area contributed by atoms with E-state index in [1.807, 2.05) is 49.4 Å². The minimum atomic E-state index is -0.236. The molecule has 1 aromatic heterocycles. The number of fused-ring (bicyclic) bond motifs is 1.